The van der Waals surface area contributed by atoms with E-state index in [4.69, 9.17) is 4.74 Å². The predicted octanol–water partition coefficient (Wildman–Crippen LogP) is 3.44. The Morgan fingerprint density at radius 1 is 0.917 bits per heavy atom. The Hall–Kier alpha value is -3.14. The van der Waals surface area contributed by atoms with Gasteiger partial charge in [0.05, 0.1) is 0 Å². The molecule has 1 aromatic heterocycles. The number of carbonyl (C=O) groups excluding carboxylic acids is 1. The SMILES string of the molecule is O=C(COc1ccccc1-c1ccccc1)NCc1ccncc1. The Morgan fingerprint density at radius 3 is 2.42 bits per heavy atom. The molecule has 3 aromatic rings. The number of amides is 1. The third-order valence-corrected chi connectivity index (χ3v) is 3.57. The number of carbonyl (C=O) groups is 1. The predicted molar refractivity (Wildman–Crippen MR) is 93.5 cm³/mol. The van der Waals surface area contributed by atoms with Gasteiger partial charge in [-0.2, -0.15) is 0 Å². The lowest BCUT2D eigenvalue weighted by atomic mass is 10.1. The van der Waals surface area contributed by atoms with Gasteiger partial charge >= 0.3 is 0 Å². The van der Waals surface area contributed by atoms with Crippen LogP contribution in [-0.2, 0) is 11.3 Å². The standard InChI is InChI=1S/C20H18N2O2/c23-20(22-14-16-10-12-21-13-11-16)15-24-19-9-5-4-8-18(19)17-6-2-1-3-7-17/h1-13H,14-15H2,(H,22,23). The molecule has 1 heterocycles. The second kappa shape index (κ2) is 7.92. The Balaban J connectivity index is 1.60. The summed E-state index contributed by atoms with van der Waals surface area (Å²) in [7, 11) is 0. The van der Waals surface area contributed by atoms with Crippen LogP contribution in [0.25, 0.3) is 11.1 Å². The maximum Gasteiger partial charge on any atom is 0.258 e. The van der Waals surface area contributed by atoms with Crippen molar-refractivity contribution in [1.82, 2.24) is 10.3 Å². The molecule has 4 heteroatoms. The van der Waals surface area contributed by atoms with Crippen LogP contribution in [-0.4, -0.2) is 17.5 Å². The van der Waals surface area contributed by atoms with Crippen molar-refractivity contribution in [3.05, 3.63) is 84.7 Å². The van der Waals surface area contributed by atoms with Crippen molar-refractivity contribution in [2.24, 2.45) is 0 Å². The molecule has 0 spiro atoms. The summed E-state index contributed by atoms with van der Waals surface area (Å²) in [5.41, 5.74) is 3.04. The van der Waals surface area contributed by atoms with E-state index >= 15 is 0 Å². The summed E-state index contributed by atoms with van der Waals surface area (Å²) in [6.45, 7) is 0.444. The minimum atomic E-state index is -0.158. The molecule has 0 aliphatic heterocycles. The normalized spacial score (nSPS) is 10.2. The molecule has 2 aromatic carbocycles. The average Bonchev–Trinajstić information content (AvgIpc) is 2.66. The Bertz CT molecular complexity index is 789. The summed E-state index contributed by atoms with van der Waals surface area (Å²) in [6.07, 6.45) is 3.40. The second-order valence-electron chi connectivity index (χ2n) is 5.28. The van der Waals surface area contributed by atoms with E-state index in [0.29, 0.717) is 12.3 Å². The van der Waals surface area contributed by atoms with Crippen molar-refractivity contribution in [2.75, 3.05) is 6.61 Å². The molecule has 1 amide bonds. The van der Waals surface area contributed by atoms with E-state index in [1.54, 1.807) is 12.4 Å². The van der Waals surface area contributed by atoms with Gasteiger partial charge in [-0.1, -0.05) is 48.5 Å². The molecule has 1 N–H and O–H groups in total. The molecule has 4 nitrogen and oxygen atoms in total. The van der Waals surface area contributed by atoms with E-state index in [0.717, 1.165) is 16.7 Å². The van der Waals surface area contributed by atoms with Gasteiger partial charge in [-0.05, 0) is 29.3 Å². The topological polar surface area (TPSA) is 51.2 Å². The summed E-state index contributed by atoms with van der Waals surface area (Å²) in [6, 6.07) is 21.4. The second-order valence-corrected chi connectivity index (χ2v) is 5.28. The molecule has 0 aliphatic carbocycles. The number of rotatable bonds is 6. The maximum absolute atomic E-state index is 12.0. The van der Waals surface area contributed by atoms with Crippen molar-refractivity contribution >= 4 is 5.91 Å². The molecule has 0 radical (unpaired) electrons. The monoisotopic (exact) mass is 318 g/mol. The fourth-order valence-corrected chi connectivity index (χ4v) is 2.34. The zero-order valence-corrected chi connectivity index (χ0v) is 13.2. The minimum absolute atomic E-state index is 0.0189. The van der Waals surface area contributed by atoms with Gasteiger partial charge in [0, 0.05) is 24.5 Å². The maximum atomic E-state index is 12.0. The van der Waals surface area contributed by atoms with E-state index in [1.807, 2.05) is 66.7 Å². The van der Waals surface area contributed by atoms with Gasteiger partial charge in [0.2, 0.25) is 0 Å². The third kappa shape index (κ3) is 4.20. The Labute approximate surface area is 141 Å². The average molecular weight is 318 g/mol. The lowest BCUT2D eigenvalue weighted by molar-refractivity contribution is -0.123. The summed E-state index contributed by atoms with van der Waals surface area (Å²) < 4.78 is 5.72. The van der Waals surface area contributed by atoms with Crippen LogP contribution in [0, 0.1) is 0 Å². The van der Waals surface area contributed by atoms with Crippen LogP contribution in [0.15, 0.2) is 79.1 Å². The third-order valence-electron chi connectivity index (χ3n) is 3.57. The fraction of sp³-hybridized carbons (Fsp3) is 0.100. The van der Waals surface area contributed by atoms with E-state index in [1.165, 1.54) is 0 Å². The Kier molecular flexibility index (Phi) is 5.20. The number of benzene rings is 2. The van der Waals surface area contributed by atoms with Gasteiger partial charge in [0.1, 0.15) is 5.75 Å². The first-order valence-corrected chi connectivity index (χ1v) is 7.76. The highest BCUT2D eigenvalue weighted by Crippen LogP contribution is 2.29. The summed E-state index contributed by atoms with van der Waals surface area (Å²) in [4.78, 5) is 15.9. The van der Waals surface area contributed by atoms with Gasteiger partial charge in [0.15, 0.2) is 6.61 Å². The largest absolute Gasteiger partial charge is 0.483 e. The smallest absolute Gasteiger partial charge is 0.258 e. The van der Waals surface area contributed by atoms with Gasteiger partial charge in [-0.3, -0.25) is 9.78 Å². The molecule has 0 unspecified atom stereocenters. The number of para-hydroxylation sites is 1. The van der Waals surface area contributed by atoms with Crippen LogP contribution in [0.1, 0.15) is 5.56 Å². The molecule has 24 heavy (non-hydrogen) atoms. The number of nitrogens with one attached hydrogen (secondary N) is 1. The molecule has 0 bridgehead atoms. The summed E-state index contributed by atoms with van der Waals surface area (Å²) in [5.74, 6) is 0.539. The zero-order chi connectivity index (χ0) is 16.6. The van der Waals surface area contributed by atoms with Gasteiger partial charge in [-0.15, -0.1) is 0 Å². The fourth-order valence-electron chi connectivity index (χ4n) is 2.34. The number of ether oxygens (including phenoxy) is 1. The highest BCUT2D eigenvalue weighted by atomic mass is 16.5. The Morgan fingerprint density at radius 2 is 1.62 bits per heavy atom. The van der Waals surface area contributed by atoms with E-state index < -0.39 is 0 Å². The lowest BCUT2D eigenvalue weighted by Gasteiger charge is -2.12. The van der Waals surface area contributed by atoms with Crippen LogP contribution < -0.4 is 10.1 Å². The molecule has 0 fully saturated rings. The molecule has 0 atom stereocenters. The first-order valence-electron chi connectivity index (χ1n) is 7.76. The van der Waals surface area contributed by atoms with Gasteiger partial charge in [-0.25, -0.2) is 0 Å². The van der Waals surface area contributed by atoms with Gasteiger partial charge in [0.25, 0.3) is 5.91 Å². The minimum Gasteiger partial charge on any atom is -0.483 e. The van der Waals surface area contributed by atoms with Crippen molar-refractivity contribution in [3.63, 3.8) is 0 Å². The first-order chi connectivity index (χ1) is 11.8. The number of hydrogen-bond donors (Lipinski definition) is 1. The van der Waals surface area contributed by atoms with E-state index in [9.17, 15) is 4.79 Å². The van der Waals surface area contributed by atoms with Crippen molar-refractivity contribution in [2.45, 2.75) is 6.54 Å². The molecule has 0 saturated carbocycles. The molecular weight excluding hydrogens is 300 g/mol. The number of aromatic nitrogens is 1. The van der Waals surface area contributed by atoms with Crippen LogP contribution in [0.3, 0.4) is 0 Å². The van der Waals surface area contributed by atoms with Crippen LogP contribution >= 0.6 is 0 Å². The van der Waals surface area contributed by atoms with E-state index in [-0.39, 0.29) is 12.5 Å². The van der Waals surface area contributed by atoms with Crippen LogP contribution in [0.4, 0.5) is 0 Å². The number of pyridine rings is 1. The molecule has 3 rings (SSSR count). The van der Waals surface area contributed by atoms with Crippen LogP contribution in [0.5, 0.6) is 5.75 Å². The quantitative estimate of drug-likeness (QED) is 0.757. The number of nitrogens with zero attached hydrogens (tertiary/aromatic N) is 1. The molecule has 0 saturated heterocycles. The molecule has 120 valence electrons. The highest BCUT2D eigenvalue weighted by molar-refractivity contribution is 5.78. The number of hydrogen-bond acceptors (Lipinski definition) is 3. The van der Waals surface area contributed by atoms with Crippen molar-refractivity contribution in [1.29, 1.82) is 0 Å². The highest BCUT2D eigenvalue weighted by Gasteiger charge is 2.08. The summed E-state index contributed by atoms with van der Waals surface area (Å²) in [5, 5.41) is 2.84. The molecular formula is C20H18N2O2. The van der Waals surface area contributed by atoms with Gasteiger partial charge < -0.3 is 10.1 Å². The van der Waals surface area contributed by atoms with Crippen LogP contribution in [0.2, 0.25) is 0 Å². The zero-order valence-electron chi connectivity index (χ0n) is 13.2. The van der Waals surface area contributed by atoms with Crippen molar-refractivity contribution < 1.29 is 9.53 Å². The lowest BCUT2D eigenvalue weighted by Crippen LogP contribution is -2.28. The summed E-state index contributed by atoms with van der Waals surface area (Å²) >= 11 is 0. The van der Waals surface area contributed by atoms with Crippen molar-refractivity contribution in [3.8, 4) is 16.9 Å². The molecule has 0 aliphatic rings. The first kappa shape index (κ1) is 15.7. The van der Waals surface area contributed by atoms with E-state index in [2.05, 4.69) is 10.3 Å².